The molecule has 0 aliphatic rings. The Morgan fingerprint density at radius 3 is 2.27 bits per heavy atom. The van der Waals surface area contributed by atoms with E-state index in [2.05, 4.69) is 13.8 Å². The highest BCUT2D eigenvalue weighted by atomic mass is 16.4. The Hall–Kier alpha value is -0.530. The Bertz CT molecular complexity index is 121. The van der Waals surface area contributed by atoms with E-state index in [-0.39, 0.29) is 5.92 Å². The maximum Gasteiger partial charge on any atom is 0.306 e. The minimum Gasteiger partial charge on any atom is -0.481 e. The molecule has 0 aromatic heterocycles. The average Bonchev–Trinajstić information content (AvgIpc) is 1.98. The summed E-state index contributed by atoms with van der Waals surface area (Å²) in [4.78, 5) is 10.6. The van der Waals surface area contributed by atoms with Crippen molar-refractivity contribution in [3.05, 3.63) is 0 Å². The van der Waals surface area contributed by atoms with Crippen LogP contribution in [0.15, 0.2) is 0 Å². The predicted octanol–water partition coefficient (Wildman–Crippen LogP) is 2.53. The van der Waals surface area contributed by atoms with Gasteiger partial charge in [-0.1, -0.05) is 33.6 Å². The molecule has 2 unspecified atom stereocenters. The van der Waals surface area contributed by atoms with Crippen LogP contribution in [0.4, 0.5) is 0 Å². The lowest BCUT2D eigenvalue weighted by atomic mass is 9.88. The van der Waals surface area contributed by atoms with E-state index in [0.29, 0.717) is 5.92 Å². The number of hydrogen-bond donors (Lipinski definition) is 1. The molecule has 0 saturated carbocycles. The van der Waals surface area contributed by atoms with E-state index in [9.17, 15) is 4.79 Å². The molecule has 0 radical (unpaired) electrons. The second-order valence-corrected chi connectivity index (χ2v) is 3.08. The highest BCUT2D eigenvalue weighted by molar-refractivity contribution is 5.69. The highest BCUT2D eigenvalue weighted by Crippen LogP contribution is 2.20. The molecule has 0 heterocycles. The third-order valence-corrected chi connectivity index (χ3v) is 2.28. The SMILES string of the molecule is CCCC(CC)C(C)C(=O)O. The van der Waals surface area contributed by atoms with Gasteiger partial charge in [0.2, 0.25) is 0 Å². The third-order valence-electron chi connectivity index (χ3n) is 2.28. The second kappa shape index (κ2) is 5.16. The van der Waals surface area contributed by atoms with Gasteiger partial charge >= 0.3 is 5.97 Å². The third kappa shape index (κ3) is 3.40. The van der Waals surface area contributed by atoms with Crippen LogP contribution in [-0.4, -0.2) is 11.1 Å². The molecule has 0 bridgehead atoms. The van der Waals surface area contributed by atoms with E-state index >= 15 is 0 Å². The monoisotopic (exact) mass is 158 g/mol. The lowest BCUT2D eigenvalue weighted by Crippen LogP contribution is -2.19. The molecule has 2 atom stereocenters. The van der Waals surface area contributed by atoms with Crippen molar-refractivity contribution in [3.8, 4) is 0 Å². The van der Waals surface area contributed by atoms with Gasteiger partial charge in [0.15, 0.2) is 0 Å². The number of hydrogen-bond acceptors (Lipinski definition) is 1. The summed E-state index contributed by atoms with van der Waals surface area (Å²) in [7, 11) is 0. The molecule has 0 aromatic rings. The van der Waals surface area contributed by atoms with Crippen LogP contribution in [0, 0.1) is 11.8 Å². The molecule has 0 fully saturated rings. The Morgan fingerprint density at radius 2 is 2.00 bits per heavy atom. The lowest BCUT2D eigenvalue weighted by molar-refractivity contribution is -0.143. The molecule has 2 nitrogen and oxygen atoms in total. The van der Waals surface area contributed by atoms with E-state index in [1.165, 1.54) is 0 Å². The van der Waals surface area contributed by atoms with Gasteiger partial charge in [0.05, 0.1) is 5.92 Å². The van der Waals surface area contributed by atoms with Crippen LogP contribution in [-0.2, 0) is 4.79 Å². The number of carboxylic acid groups (broad SMARTS) is 1. The van der Waals surface area contributed by atoms with Gasteiger partial charge in [0.25, 0.3) is 0 Å². The Balaban J connectivity index is 3.91. The van der Waals surface area contributed by atoms with E-state index < -0.39 is 5.97 Å². The van der Waals surface area contributed by atoms with Crippen molar-refractivity contribution in [2.24, 2.45) is 11.8 Å². The van der Waals surface area contributed by atoms with Crippen LogP contribution in [0.3, 0.4) is 0 Å². The van der Waals surface area contributed by atoms with E-state index in [0.717, 1.165) is 19.3 Å². The summed E-state index contributed by atoms with van der Waals surface area (Å²) in [5.41, 5.74) is 0. The fourth-order valence-corrected chi connectivity index (χ4v) is 1.38. The molecule has 1 N–H and O–H groups in total. The predicted molar refractivity (Wildman–Crippen MR) is 45.5 cm³/mol. The van der Waals surface area contributed by atoms with Gasteiger partial charge in [-0.3, -0.25) is 4.79 Å². The van der Waals surface area contributed by atoms with Crippen LogP contribution in [0.25, 0.3) is 0 Å². The van der Waals surface area contributed by atoms with E-state index in [4.69, 9.17) is 5.11 Å². The van der Waals surface area contributed by atoms with Crippen LogP contribution >= 0.6 is 0 Å². The zero-order valence-corrected chi connectivity index (χ0v) is 7.63. The fraction of sp³-hybridized carbons (Fsp3) is 0.889. The fourth-order valence-electron chi connectivity index (χ4n) is 1.38. The summed E-state index contributed by atoms with van der Waals surface area (Å²) in [5, 5.41) is 8.71. The molecular formula is C9H18O2. The van der Waals surface area contributed by atoms with Crippen molar-refractivity contribution in [2.75, 3.05) is 0 Å². The molecule has 0 aliphatic heterocycles. The Kier molecular flexibility index (Phi) is 4.92. The zero-order chi connectivity index (χ0) is 8.85. The molecule has 0 amide bonds. The van der Waals surface area contributed by atoms with E-state index in [1.54, 1.807) is 6.92 Å². The first-order valence-corrected chi connectivity index (χ1v) is 4.36. The van der Waals surface area contributed by atoms with Crippen LogP contribution in [0.2, 0.25) is 0 Å². The maximum absolute atomic E-state index is 10.6. The first-order chi connectivity index (χ1) is 5.13. The Labute approximate surface area is 68.6 Å². The first-order valence-electron chi connectivity index (χ1n) is 4.36. The van der Waals surface area contributed by atoms with Crippen LogP contribution < -0.4 is 0 Å². The van der Waals surface area contributed by atoms with Crippen molar-refractivity contribution in [1.29, 1.82) is 0 Å². The quantitative estimate of drug-likeness (QED) is 0.667. The number of carboxylic acids is 1. The number of carbonyl (C=O) groups is 1. The van der Waals surface area contributed by atoms with Crippen molar-refractivity contribution in [1.82, 2.24) is 0 Å². The number of rotatable bonds is 5. The van der Waals surface area contributed by atoms with Crippen molar-refractivity contribution < 1.29 is 9.90 Å². The smallest absolute Gasteiger partial charge is 0.306 e. The lowest BCUT2D eigenvalue weighted by Gasteiger charge is -2.17. The topological polar surface area (TPSA) is 37.3 Å². The second-order valence-electron chi connectivity index (χ2n) is 3.08. The standard InChI is InChI=1S/C9H18O2/c1-4-6-8(5-2)7(3)9(10)11/h7-8H,4-6H2,1-3H3,(H,10,11). The van der Waals surface area contributed by atoms with Gasteiger partial charge in [-0.05, 0) is 12.3 Å². The Morgan fingerprint density at radius 1 is 1.45 bits per heavy atom. The molecule has 11 heavy (non-hydrogen) atoms. The summed E-state index contributed by atoms with van der Waals surface area (Å²) in [6.45, 7) is 5.95. The minimum atomic E-state index is -0.662. The molecule has 0 rings (SSSR count). The van der Waals surface area contributed by atoms with Gasteiger partial charge in [-0.25, -0.2) is 0 Å². The molecule has 0 spiro atoms. The van der Waals surface area contributed by atoms with Crippen molar-refractivity contribution >= 4 is 5.97 Å². The normalized spacial score (nSPS) is 15.9. The van der Waals surface area contributed by atoms with Crippen molar-refractivity contribution in [3.63, 3.8) is 0 Å². The van der Waals surface area contributed by atoms with Gasteiger partial charge in [0.1, 0.15) is 0 Å². The molecule has 0 saturated heterocycles. The van der Waals surface area contributed by atoms with Gasteiger partial charge < -0.3 is 5.11 Å². The molecule has 0 aliphatic carbocycles. The molecule has 0 aromatic carbocycles. The summed E-state index contributed by atoms with van der Waals surface area (Å²) in [6.07, 6.45) is 3.08. The summed E-state index contributed by atoms with van der Waals surface area (Å²) >= 11 is 0. The first kappa shape index (κ1) is 10.5. The molecule has 66 valence electrons. The summed E-state index contributed by atoms with van der Waals surface area (Å²) < 4.78 is 0. The van der Waals surface area contributed by atoms with E-state index in [1.807, 2.05) is 0 Å². The maximum atomic E-state index is 10.6. The summed E-state index contributed by atoms with van der Waals surface area (Å²) in [6, 6.07) is 0. The molecular weight excluding hydrogens is 140 g/mol. The van der Waals surface area contributed by atoms with Crippen molar-refractivity contribution in [2.45, 2.75) is 40.0 Å². The van der Waals surface area contributed by atoms with Crippen LogP contribution in [0.5, 0.6) is 0 Å². The van der Waals surface area contributed by atoms with Crippen LogP contribution in [0.1, 0.15) is 40.0 Å². The minimum absolute atomic E-state index is 0.181. The van der Waals surface area contributed by atoms with Gasteiger partial charge in [-0.2, -0.15) is 0 Å². The van der Waals surface area contributed by atoms with Gasteiger partial charge in [-0.15, -0.1) is 0 Å². The number of aliphatic carboxylic acids is 1. The largest absolute Gasteiger partial charge is 0.481 e. The highest BCUT2D eigenvalue weighted by Gasteiger charge is 2.20. The zero-order valence-electron chi connectivity index (χ0n) is 7.63. The average molecular weight is 158 g/mol. The molecule has 2 heteroatoms. The van der Waals surface area contributed by atoms with Gasteiger partial charge in [0, 0.05) is 0 Å². The summed E-state index contributed by atoms with van der Waals surface area (Å²) in [5.74, 6) is -0.484.